The number of ether oxygens (including phenoxy) is 1. The van der Waals surface area contributed by atoms with Crippen LogP contribution in [0.4, 0.5) is 0 Å². The number of hydrogen-bond acceptors (Lipinski definition) is 4. The van der Waals surface area contributed by atoms with E-state index in [4.69, 9.17) is 9.84 Å². The quantitative estimate of drug-likeness (QED) is 0.596. The molecule has 1 aromatic rings. The predicted octanol–water partition coefficient (Wildman–Crippen LogP) is 1.19. The van der Waals surface area contributed by atoms with E-state index in [2.05, 4.69) is 4.98 Å². The maximum atomic E-state index is 11.5. The van der Waals surface area contributed by atoms with Gasteiger partial charge in [0.05, 0.1) is 18.9 Å². The molecule has 5 nitrogen and oxygen atoms in total. The fourth-order valence-electron chi connectivity index (χ4n) is 1.66. The predicted molar refractivity (Wildman–Crippen MR) is 57.4 cm³/mol. The number of aliphatic hydroxyl groups is 1. The smallest absolute Gasteiger partial charge is 0.355 e. The van der Waals surface area contributed by atoms with E-state index in [1.165, 1.54) is 6.92 Å². The highest BCUT2D eigenvalue weighted by Gasteiger charge is 2.21. The maximum Gasteiger partial charge on any atom is 0.355 e. The van der Waals surface area contributed by atoms with Crippen LogP contribution in [0.3, 0.4) is 0 Å². The number of carbonyl (C=O) groups excluding carboxylic acids is 2. The van der Waals surface area contributed by atoms with Crippen LogP contribution in [0.5, 0.6) is 0 Å². The molecule has 1 rings (SSSR count). The minimum absolute atomic E-state index is 0.187. The molecule has 0 atom stereocenters. The molecule has 0 saturated carbocycles. The van der Waals surface area contributed by atoms with Crippen molar-refractivity contribution in [3.8, 4) is 0 Å². The summed E-state index contributed by atoms with van der Waals surface area (Å²) in [4.78, 5) is 25.6. The van der Waals surface area contributed by atoms with E-state index in [1.807, 2.05) is 0 Å². The van der Waals surface area contributed by atoms with Crippen molar-refractivity contribution in [3.63, 3.8) is 0 Å². The van der Waals surface area contributed by atoms with Gasteiger partial charge in [-0.2, -0.15) is 0 Å². The van der Waals surface area contributed by atoms with Crippen LogP contribution in [0.25, 0.3) is 0 Å². The first-order valence-electron chi connectivity index (χ1n) is 5.03. The Hall–Kier alpha value is -1.62. The van der Waals surface area contributed by atoms with E-state index < -0.39 is 5.97 Å². The Bertz CT molecular complexity index is 420. The Balaban J connectivity index is 3.23. The zero-order valence-electron chi connectivity index (χ0n) is 9.59. The monoisotopic (exact) mass is 225 g/mol. The third-order valence-corrected chi connectivity index (χ3v) is 2.32. The molecule has 0 amide bonds. The molecule has 0 aliphatic carbocycles. The Morgan fingerprint density at radius 2 is 2.06 bits per heavy atom. The van der Waals surface area contributed by atoms with Gasteiger partial charge in [-0.3, -0.25) is 4.79 Å². The molecule has 0 aromatic carbocycles. The van der Waals surface area contributed by atoms with Gasteiger partial charge in [0.1, 0.15) is 5.69 Å². The third kappa shape index (κ3) is 2.14. The second-order valence-corrected chi connectivity index (χ2v) is 3.41. The zero-order chi connectivity index (χ0) is 12.3. The van der Waals surface area contributed by atoms with E-state index in [0.717, 1.165) is 0 Å². The summed E-state index contributed by atoms with van der Waals surface area (Å²) in [7, 11) is 0. The normalized spacial score (nSPS) is 10.2. The van der Waals surface area contributed by atoms with Crippen molar-refractivity contribution in [2.75, 3.05) is 6.61 Å². The summed E-state index contributed by atoms with van der Waals surface area (Å²) in [6, 6.07) is 0. The number of Topliss-reactive ketones (excluding diaryl/α,β-unsaturated/α-hetero) is 1. The number of H-pyrrole nitrogens is 1. The van der Waals surface area contributed by atoms with E-state index in [1.54, 1.807) is 13.8 Å². The summed E-state index contributed by atoms with van der Waals surface area (Å²) < 4.78 is 4.84. The molecule has 0 spiro atoms. The first-order valence-corrected chi connectivity index (χ1v) is 5.03. The molecule has 0 unspecified atom stereocenters. The SMILES string of the molecule is CCOC(=O)c1[nH]c(CO)c(C(C)=O)c1C. The topological polar surface area (TPSA) is 79.4 Å². The van der Waals surface area contributed by atoms with Gasteiger partial charge in [-0.1, -0.05) is 0 Å². The van der Waals surface area contributed by atoms with Gasteiger partial charge in [-0.25, -0.2) is 4.79 Å². The lowest BCUT2D eigenvalue weighted by Gasteiger charge is -2.00. The van der Waals surface area contributed by atoms with Gasteiger partial charge >= 0.3 is 5.97 Å². The molecule has 1 aromatic heterocycles. The van der Waals surface area contributed by atoms with Gasteiger partial charge in [0.25, 0.3) is 0 Å². The number of ketones is 1. The molecule has 16 heavy (non-hydrogen) atoms. The molecule has 2 N–H and O–H groups in total. The average Bonchev–Trinajstić information content (AvgIpc) is 2.55. The summed E-state index contributed by atoms with van der Waals surface area (Å²) in [6.07, 6.45) is 0. The number of aromatic nitrogens is 1. The van der Waals surface area contributed by atoms with Gasteiger partial charge in [0.2, 0.25) is 0 Å². The molecule has 0 bridgehead atoms. The number of rotatable bonds is 4. The fraction of sp³-hybridized carbons (Fsp3) is 0.455. The molecular formula is C11H15NO4. The van der Waals surface area contributed by atoms with Crippen LogP contribution in [-0.4, -0.2) is 28.4 Å². The number of carbonyl (C=O) groups is 2. The Morgan fingerprint density at radius 3 is 2.44 bits per heavy atom. The summed E-state index contributed by atoms with van der Waals surface area (Å²) in [5, 5.41) is 9.08. The van der Waals surface area contributed by atoms with E-state index in [0.29, 0.717) is 16.8 Å². The lowest BCUT2D eigenvalue weighted by molar-refractivity contribution is 0.0519. The van der Waals surface area contributed by atoms with E-state index in [9.17, 15) is 9.59 Å². The largest absolute Gasteiger partial charge is 0.461 e. The molecule has 0 saturated heterocycles. The lowest BCUT2D eigenvalue weighted by atomic mass is 10.1. The van der Waals surface area contributed by atoms with E-state index in [-0.39, 0.29) is 24.7 Å². The second-order valence-electron chi connectivity index (χ2n) is 3.41. The first kappa shape index (κ1) is 12.4. The molecular weight excluding hydrogens is 210 g/mol. The van der Waals surface area contributed by atoms with Crippen LogP contribution in [0.1, 0.15) is 46.0 Å². The summed E-state index contributed by atoms with van der Waals surface area (Å²) in [5.74, 6) is -0.699. The molecule has 5 heteroatoms. The Kier molecular flexibility index (Phi) is 3.84. The van der Waals surface area contributed by atoms with Crippen LogP contribution < -0.4 is 0 Å². The number of nitrogens with one attached hydrogen (secondary N) is 1. The third-order valence-electron chi connectivity index (χ3n) is 2.32. The van der Waals surface area contributed by atoms with Crippen molar-refractivity contribution < 1.29 is 19.4 Å². The highest BCUT2D eigenvalue weighted by molar-refractivity contribution is 6.01. The molecule has 0 fully saturated rings. The van der Waals surface area contributed by atoms with Crippen LogP contribution in [0.15, 0.2) is 0 Å². The first-order chi connectivity index (χ1) is 7.52. The van der Waals surface area contributed by atoms with Crippen molar-refractivity contribution in [1.82, 2.24) is 4.98 Å². The lowest BCUT2D eigenvalue weighted by Crippen LogP contribution is -2.07. The van der Waals surface area contributed by atoms with Crippen LogP contribution in [0, 0.1) is 6.92 Å². The minimum atomic E-state index is -0.512. The number of aliphatic hydroxyl groups excluding tert-OH is 1. The minimum Gasteiger partial charge on any atom is -0.461 e. The molecule has 0 aliphatic rings. The second kappa shape index (κ2) is 4.94. The number of hydrogen-bond donors (Lipinski definition) is 2. The molecule has 1 heterocycles. The average molecular weight is 225 g/mol. The number of esters is 1. The van der Waals surface area contributed by atoms with Crippen molar-refractivity contribution in [2.24, 2.45) is 0 Å². The molecule has 0 radical (unpaired) electrons. The highest BCUT2D eigenvalue weighted by atomic mass is 16.5. The van der Waals surface area contributed by atoms with Crippen molar-refractivity contribution in [1.29, 1.82) is 0 Å². The maximum absolute atomic E-state index is 11.5. The van der Waals surface area contributed by atoms with Crippen molar-refractivity contribution >= 4 is 11.8 Å². The molecule has 88 valence electrons. The van der Waals surface area contributed by atoms with Gasteiger partial charge in [-0.05, 0) is 26.3 Å². The summed E-state index contributed by atoms with van der Waals surface area (Å²) in [5.41, 5.74) is 1.48. The number of aromatic amines is 1. The van der Waals surface area contributed by atoms with Crippen LogP contribution in [0.2, 0.25) is 0 Å². The van der Waals surface area contributed by atoms with Crippen LogP contribution >= 0.6 is 0 Å². The Labute approximate surface area is 93.4 Å². The highest BCUT2D eigenvalue weighted by Crippen LogP contribution is 2.19. The Morgan fingerprint density at radius 1 is 1.44 bits per heavy atom. The van der Waals surface area contributed by atoms with Crippen molar-refractivity contribution in [3.05, 3.63) is 22.5 Å². The molecule has 0 aliphatic heterocycles. The van der Waals surface area contributed by atoms with Crippen molar-refractivity contribution in [2.45, 2.75) is 27.4 Å². The zero-order valence-corrected chi connectivity index (χ0v) is 9.59. The van der Waals surface area contributed by atoms with Gasteiger partial charge in [-0.15, -0.1) is 0 Å². The fourth-order valence-corrected chi connectivity index (χ4v) is 1.66. The standard InChI is InChI=1S/C11H15NO4/c1-4-16-11(15)10-6(2)9(7(3)14)8(5-13)12-10/h12-13H,4-5H2,1-3H3. The summed E-state index contributed by atoms with van der Waals surface area (Å²) >= 11 is 0. The van der Waals surface area contributed by atoms with Gasteiger partial charge in [0.15, 0.2) is 5.78 Å². The van der Waals surface area contributed by atoms with E-state index >= 15 is 0 Å². The van der Waals surface area contributed by atoms with Gasteiger partial charge in [0, 0.05) is 5.56 Å². The van der Waals surface area contributed by atoms with Crippen LogP contribution in [-0.2, 0) is 11.3 Å². The summed E-state index contributed by atoms with van der Waals surface area (Å²) in [6.45, 7) is 4.70. The van der Waals surface area contributed by atoms with Gasteiger partial charge < -0.3 is 14.8 Å².